The van der Waals surface area contributed by atoms with Gasteiger partial charge >= 0.3 is 0 Å². The first-order valence-corrected chi connectivity index (χ1v) is 13.6. The number of hydrogen-bond donors (Lipinski definition) is 1. The summed E-state index contributed by atoms with van der Waals surface area (Å²) in [7, 11) is -3.61. The molecule has 1 fully saturated rings. The number of rotatable bonds is 8. The highest BCUT2D eigenvalue weighted by atomic mass is 32.2. The van der Waals surface area contributed by atoms with Crippen molar-refractivity contribution in [2.75, 3.05) is 53.5 Å². The maximum atomic E-state index is 12.7. The predicted molar refractivity (Wildman–Crippen MR) is 142 cm³/mol. The number of hydrogen-bond acceptors (Lipinski definition) is 5. The molecule has 35 heavy (non-hydrogen) atoms. The molecule has 0 aromatic heterocycles. The van der Waals surface area contributed by atoms with Crippen molar-refractivity contribution in [1.29, 1.82) is 0 Å². The average molecular weight is 493 g/mol. The highest BCUT2D eigenvalue weighted by molar-refractivity contribution is 7.92. The third kappa shape index (κ3) is 6.61. The van der Waals surface area contributed by atoms with Gasteiger partial charge in [-0.25, -0.2) is 8.42 Å². The molecule has 0 aliphatic carbocycles. The normalized spacial score (nSPS) is 14.5. The lowest BCUT2D eigenvalue weighted by atomic mass is 10.2. The number of benzene rings is 3. The van der Waals surface area contributed by atoms with Crippen LogP contribution in [0.5, 0.6) is 0 Å². The summed E-state index contributed by atoms with van der Waals surface area (Å²) in [6.45, 7) is 6.38. The first kappa shape index (κ1) is 24.8. The molecule has 1 heterocycles. The maximum Gasteiger partial charge on any atom is 0.245 e. The molecule has 0 bridgehead atoms. The molecule has 3 aromatic carbocycles. The number of amides is 1. The Balaban J connectivity index is 1.32. The highest BCUT2D eigenvalue weighted by Crippen LogP contribution is 2.23. The maximum absolute atomic E-state index is 12.7. The van der Waals surface area contributed by atoms with Crippen LogP contribution in [0.1, 0.15) is 11.1 Å². The number of nitrogens with zero attached hydrogens (tertiary/aromatic N) is 3. The van der Waals surface area contributed by atoms with Crippen molar-refractivity contribution in [3.8, 4) is 0 Å². The Morgan fingerprint density at radius 3 is 2.14 bits per heavy atom. The number of carbonyl (C=O) groups is 1. The number of aryl methyl sites for hydroxylation is 1. The highest BCUT2D eigenvalue weighted by Gasteiger charge is 2.22. The van der Waals surface area contributed by atoms with Crippen molar-refractivity contribution < 1.29 is 13.2 Å². The topological polar surface area (TPSA) is 73.0 Å². The number of carbonyl (C=O) groups excluding carboxylic acids is 1. The molecular formula is C27H32N4O3S. The second-order valence-corrected chi connectivity index (χ2v) is 10.8. The van der Waals surface area contributed by atoms with Crippen LogP contribution in [0.2, 0.25) is 0 Å². The van der Waals surface area contributed by atoms with Gasteiger partial charge in [-0.3, -0.25) is 14.0 Å². The van der Waals surface area contributed by atoms with Crippen LogP contribution in [0.15, 0.2) is 78.9 Å². The van der Waals surface area contributed by atoms with E-state index in [2.05, 4.69) is 39.4 Å². The fourth-order valence-electron chi connectivity index (χ4n) is 4.32. The van der Waals surface area contributed by atoms with Crippen molar-refractivity contribution in [2.24, 2.45) is 0 Å². The lowest BCUT2D eigenvalue weighted by Crippen LogP contribution is -2.45. The summed E-state index contributed by atoms with van der Waals surface area (Å²) >= 11 is 0. The smallest absolute Gasteiger partial charge is 0.245 e. The Morgan fingerprint density at radius 2 is 1.51 bits per heavy atom. The van der Waals surface area contributed by atoms with Crippen LogP contribution >= 0.6 is 0 Å². The summed E-state index contributed by atoms with van der Waals surface area (Å²) in [5.74, 6) is -0.388. The quantitative estimate of drug-likeness (QED) is 0.519. The minimum absolute atomic E-state index is 0.283. The second-order valence-electron chi connectivity index (χ2n) is 8.90. The summed E-state index contributed by atoms with van der Waals surface area (Å²) in [4.78, 5) is 17.5. The van der Waals surface area contributed by atoms with E-state index in [4.69, 9.17) is 0 Å². The first-order chi connectivity index (χ1) is 16.8. The van der Waals surface area contributed by atoms with Gasteiger partial charge in [0, 0.05) is 44.1 Å². The van der Waals surface area contributed by atoms with Crippen molar-refractivity contribution in [3.63, 3.8) is 0 Å². The van der Waals surface area contributed by atoms with Crippen molar-refractivity contribution in [1.82, 2.24) is 4.90 Å². The Kier molecular flexibility index (Phi) is 7.73. The fourth-order valence-corrected chi connectivity index (χ4v) is 5.23. The van der Waals surface area contributed by atoms with Gasteiger partial charge in [0.2, 0.25) is 15.9 Å². The van der Waals surface area contributed by atoms with Crippen molar-refractivity contribution in [3.05, 3.63) is 90.0 Å². The van der Waals surface area contributed by atoms with Gasteiger partial charge in [0.1, 0.15) is 6.54 Å². The number of sulfonamides is 1. The summed E-state index contributed by atoms with van der Waals surface area (Å²) in [5, 5.41) is 2.83. The summed E-state index contributed by atoms with van der Waals surface area (Å²) < 4.78 is 25.8. The number of piperazine rings is 1. The van der Waals surface area contributed by atoms with Gasteiger partial charge in [-0.2, -0.15) is 0 Å². The van der Waals surface area contributed by atoms with Crippen LogP contribution < -0.4 is 14.5 Å². The SMILES string of the molecule is Cc1ccccc1N(CC(=O)Nc1ccc(N2CCN(Cc3ccccc3)CC2)cc1)S(C)(=O)=O. The number of nitrogens with one attached hydrogen (secondary N) is 1. The monoisotopic (exact) mass is 492 g/mol. The van der Waals surface area contributed by atoms with Gasteiger partial charge in [0.15, 0.2) is 0 Å². The second kappa shape index (κ2) is 10.9. The average Bonchev–Trinajstić information content (AvgIpc) is 2.84. The summed E-state index contributed by atoms with van der Waals surface area (Å²) in [6.07, 6.45) is 1.11. The molecule has 7 nitrogen and oxygen atoms in total. The van der Waals surface area contributed by atoms with Crippen LogP contribution in [-0.4, -0.2) is 58.2 Å². The minimum atomic E-state index is -3.61. The molecule has 1 aliphatic heterocycles. The molecule has 4 rings (SSSR count). The molecule has 0 unspecified atom stereocenters. The number of para-hydroxylation sites is 1. The zero-order valence-electron chi connectivity index (χ0n) is 20.2. The molecule has 0 radical (unpaired) electrons. The Labute approximate surface area is 208 Å². The molecule has 0 saturated carbocycles. The van der Waals surface area contributed by atoms with Crippen molar-refractivity contribution >= 4 is 33.0 Å². The molecule has 1 N–H and O–H groups in total. The molecule has 1 saturated heterocycles. The van der Waals surface area contributed by atoms with E-state index in [1.807, 2.05) is 49.4 Å². The molecule has 184 valence electrons. The van der Waals surface area contributed by atoms with Crippen LogP contribution in [0.3, 0.4) is 0 Å². The summed E-state index contributed by atoms with van der Waals surface area (Å²) in [5.41, 5.74) is 4.38. The van der Waals surface area contributed by atoms with Gasteiger partial charge in [-0.05, 0) is 48.4 Å². The third-order valence-corrected chi connectivity index (χ3v) is 7.34. The Morgan fingerprint density at radius 1 is 0.886 bits per heavy atom. The molecule has 3 aromatic rings. The molecule has 0 spiro atoms. The molecular weight excluding hydrogens is 460 g/mol. The van der Waals surface area contributed by atoms with Crippen LogP contribution in [-0.2, 0) is 21.4 Å². The van der Waals surface area contributed by atoms with E-state index < -0.39 is 10.0 Å². The van der Waals surface area contributed by atoms with E-state index in [1.54, 1.807) is 12.1 Å². The van der Waals surface area contributed by atoms with Gasteiger partial charge in [-0.15, -0.1) is 0 Å². The molecule has 1 aliphatic rings. The lowest BCUT2D eigenvalue weighted by Gasteiger charge is -2.36. The van der Waals surface area contributed by atoms with Crippen LogP contribution in [0.25, 0.3) is 0 Å². The largest absolute Gasteiger partial charge is 0.369 e. The minimum Gasteiger partial charge on any atom is -0.369 e. The van der Waals surface area contributed by atoms with Gasteiger partial charge < -0.3 is 10.2 Å². The first-order valence-electron chi connectivity index (χ1n) is 11.7. The lowest BCUT2D eigenvalue weighted by molar-refractivity contribution is -0.114. The zero-order valence-corrected chi connectivity index (χ0v) is 21.0. The molecule has 1 amide bonds. The van der Waals surface area contributed by atoms with Crippen LogP contribution in [0, 0.1) is 6.92 Å². The van der Waals surface area contributed by atoms with Gasteiger partial charge in [-0.1, -0.05) is 48.5 Å². The van der Waals surface area contributed by atoms with E-state index >= 15 is 0 Å². The fraction of sp³-hybridized carbons (Fsp3) is 0.296. The van der Waals surface area contributed by atoms with Crippen molar-refractivity contribution in [2.45, 2.75) is 13.5 Å². The predicted octanol–water partition coefficient (Wildman–Crippen LogP) is 3.72. The van der Waals surface area contributed by atoms with E-state index in [1.165, 1.54) is 5.56 Å². The Hall–Kier alpha value is -3.36. The van der Waals surface area contributed by atoms with Gasteiger partial charge in [0.25, 0.3) is 0 Å². The Bertz CT molecular complexity index is 1240. The molecule has 0 atom stereocenters. The standard InChI is InChI=1S/C27H32N4O3S/c1-22-8-6-7-11-26(22)31(35(2,33)34)21-27(32)28-24-12-14-25(15-13-24)30-18-16-29(17-19-30)20-23-9-4-3-5-10-23/h3-15H,16-21H2,1-2H3,(H,28,32). The third-order valence-electron chi connectivity index (χ3n) is 6.21. The summed E-state index contributed by atoms with van der Waals surface area (Å²) in [6, 6.07) is 25.4. The number of anilines is 3. The van der Waals surface area contributed by atoms with Crippen LogP contribution in [0.4, 0.5) is 17.1 Å². The van der Waals surface area contributed by atoms with E-state index in [9.17, 15) is 13.2 Å². The molecule has 8 heteroatoms. The van der Waals surface area contributed by atoms with E-state index in [-0.39, 0.29) is 12.5 Å². The van der Waals surface area contributed by atoms with E-state index in [0.717, 1.165) is 54.5 Å². The van der Waals surface area contributed by atoms with Gasteiger partial charge in [0.05, 0.1) is 11.9 Å². The van der Waals surface area contributed by atoms with E-state index in [0.29, 0.717) is 11.4 Å². The zero-order chi connectivity index (χ0) is 24.8.